The molecule has 1 rings (SSSR count). The summed E-state index contributed by atoms with van der Waals surface area (Å²) in [5, 5.41) is 0. The van der Waals surface area contributed by atoms with Crippen LogP contribution in [0.15, 0.2) is 24.3 Å². The molecule has 0 heterocycles. The highest BCUT2D eigenvalue weighted by Crippen LogP contribution is 2.29. The van der Waals surface area contributed by atoms with E-state index in [1.807, 2.05) is 6.92 Å². The Labute approximate surface area is 117 Å². The van der Waals surface area contributed by atoms with Gasteiger partial charge in [-0.1, -0.05) is 25.5 Å². The lowest BCUT2D eigenvalue weighted by Gasteiger charge is -2.25. The Morgan fingerprint density at radius 1 is 1.25 bits per heavy atom. The van der Waals surface area contributed by atoms with Gasteiger partial charge in [0.2, 0.25) is 0 Å². The molecule has 3 N–H and O–H groups in total. The van der Waals surface area contributed by atoms with E-state index in [0.29, 0.717) is 6.42 Å². The van der Waals surface area contributed by atoms with Crippen LogP contribution in [0.5, 0.6) is 0 Å². The standard InChI is InChI=1S/C14H21F3N2O/c1-3-4-13(20-2)12(19-18)9-10-5-7-11(8-6-10)14(15,16)17/h5-8,12-13,19H,3-4,9,18H2,1-2H3. The molecule has 20 heavy (non-hydrogen) atoms. The lowest BCUT2D eigenvalue weighted by molar-refractivity contribution is -0.137. The average Bonchev–Trinajstić information content (AvgIpc) is 2.42. The van der Waals surface area contributed by atoms with E-state index in [2.05, 4.69) is 5.43 Å². The first-order valence-electron chi connectivity index (χ1n) is 6.57. The van der Waals surface area contributed by atoms with Crippen molar-refractivity contribution in [3.63, 3.8) is 0 Å². The fourth-order valence-corrected chi connectivity index (χ4v) is 2.15. The minimum absolute atomic E-state index is 0.0627. The maximum absolute atomic E-state index is 12.5. The molecule has 114 valence electrons. The lowest BCUT2D eigenvalue weighted by atomic mass is 9.98. The van der Waals surface area contributed by atoms with Gasteiger partial charge in [0.15, 0.2) is 0 Å². The summed E-state index contributed by atoms with van der Waals surface area (Å²) in [6.45, 7) is 2.04. The van der Waals surface area contributed by atoms with Gasteiger partial charge in [-0.2, -0.15) is 13.2 Å². The molecule has 3 nitrogen and oxygen atoms in total. The summed E-state index contributed by atoms with van der Waals surface area (Å²) in [6.07, 6.45) is -2.06. The topological polar surface area (TPSA) is 47.3 Å². The van der Waals surface area contributed by atoms with Crippen LogP contribution in [0, 0.1) is 0 Å². The van der Waals surface area contributed by atoms with Crippen LogP contribution >= 0.6 is 0 Å². The molecular formula is C14H21F3N2O. The number of nitrogens with one attached hydrogen (secondary N) is 1. The Balaban J connectivity index is 2.75. The summed E-state index contributed by atoms with van der Waals surface area (Å²) in [5.41, 5.74) is 2.83. The molecule has 2 unspecified atom stereocenters. The number of ether oxygens (including phenoxy) is 1. The number of hydrogen-bond acceptors (Lipinski definition) is 3. The van der Waals surface area contributed by atoms with E-state index >= 15 is 0 Å². The van der Waals surface area contributed by atoms with E-state index in [1.54, 1.807) is 7.11 Å². The minimum Gasteiger partial charge on any atom is -0.380 e. The smallest absolute Gasteiger partial charge is 0.380 e. The number of hydrazine groups is 1. The predicted octanol–water partition coefficient (Wildman–Crippen LogP) is 2.89. The van der Waals surface area contributed by atoms with Gasteiger partial charge in [0.05, 0.1) is 17.7 Å². The molecule has 0 aliphatic rings. The third kappa shape index (κ3) is 4.77. The van der Waals surface area contributed by atoms with Gasteiger partial charge in [-0.3, -0.25) is 11.3 Å². The molecule has 0 amide bonds. The highest BCUT2D eigenvalue weighted by atomic mass is 19.4. The van der Waals surface area contributed by atoms with E-state index in [4.69, 9.17) is 10.6 Å². The van der Waals surface area contributed by atoms with Gasteiger partial charge < -0.3 is 4.74 Å². The predicted molar refractivity (Wildman–Crippen MR) is 72.0 cm³/mol. The summed E-state index contributed by atoms with van der Waals surface area (Å²) < 4.78 is 42.8. The number of benzene rings is 1. The molecule has 2 atom stereocenters. The van der Waals surface area contributed by atoms with E-state index in [9.17, 15) is 13.2 Å². The Morgan fingerprint density at radius 2 is 1.85 bits per heavy atom. The van der Waals surface area contributed by atoms with Crippen molar-refractivity contribution in [2.24, 2.45) is 5.84 Å². The average molecular weight is 290 g/mol. The highest BCUT2D eigenvalue weighted by Gasteiger charge is 2.30. The van der Waals surface area contributed by atoms with Crippen LogP contribution in [-0.4, -0.2) is 19.3 Å². The Bertz CT molecular complexity index is 392. The Kier molecular flexibility index (Phi) is 6.45. The van der Waals surface area contributed by atoms with E-state index in [0.717, 1.165) is 30.5 Å². The van der Waals surface area contributed by atoms with Crippen molar-refractivity contribution in [3.8, 4) is 0 Å². The number of rotatable bonds is 7. The summed E-state index contributed by atoms with van der Waals surface area (Å²) in [4.78, 5) is 0. The second kappa shape index (κ2) is 7.61. The third-order valence-corrected chi connectivity index (χ3v) is 3.28. The van der Waals surface area contributed by atoms with Crippen LogP contribution < -0.4 is 11.3 Å². The molecule has 0 fully saturated rings. The molecule has 1 aromatic carbocycles. The van der Waals surface area contributed by atoms with Crippen LogP contribution in [-0.2, 0) is 17.3 Å². The third-order valence-electron chi connectivity index (χ3n) is 3.28. The number of methoxy groups -OCH3 is 1. The molecule has 1 aromatic rings. The molecule has 0 saturated carbocycles. The van der Waals surface area contributed by atoms with Crippen LogP contribution in [0.3, 0.4) is 0 Å². The first-order chi connectivity index (χ1) is 9.42. The van der Waals surface area contributed by atoms with Gasteiger partial charge in [0.1, 0.15) is 0 Å². The van der Waals surface area contributed by atoms with Crippen molar-refractivity contribution in [2.75, 3.05) is 7.11 Å². The zero-order valence-corrected chi connectivity index (χ0v) is 11.7. The number of nitrogens with two attached hydrogens (primary N) is 1. The normalized spacial score (nSPS) is 15.1. The molecule has 0 radical (unpaired) electrons. The summed E-state index contributed by atoms with van der Waals surface area (Å²) >= 11 is 0. The quantitative estimate of drug-likeness (QED) is 0.599. The SMILES string of the molecule is CCCC(OC)C(Cc1ccc(C(F)(F)F)cc1)NN. The second-order valence-electron chi connectivity index (χ2n) is 4.73. The van der Waals surface area contributed by atoms with E-state index < -0.39 is 11.7 Å². The molecule has 0 aromatic heterocycles. The largest absolute Gasteiger partial charge is 0.416 e. The molecule has 0 aliphatic carbocycles. The maximum Gasteiger partial charge on any atom is 0.416 e. The molecule has 0 spiro atoms. The van der Waals surface area contributed by atoms with Gasteiger partial charge in [-0.05, 0) is 30.5 Å². The van der Waals surface area contributed by atoms with Gasteiger partial charge in [0.25, 0.3) is 0 Å². The van der Waals surface area contributed by atoms with Crippen molar-refractivity contribution in [3.05, 3.63) is 35.4 Å². The van der Waals surface area contributed by atoms with Crippen molar-refractivity contribution in [1.29, 1.82) is 0 Å². The number of alkyl halides is 3. The van der Waals surface area contributed by atoms with Crippen molar-refractivity contribution in [2.45, 2.75) is 44.5 Å². The minimum atomic E-state index is -4.30. The molecule has 0 saturated heterocycles. The molecular weight excluding hydrogens is 269 g/mol. The van der Waals surface area contributed by atoms with Gasteiger partial charge in [-0.15, -0.1) is 0 Å². The van der Waals surface area contributed by atoms with Crippen LogP contribution in [0.2, 0.25) is 0 Å². The fraction of sp³-hybridized carbons (Fsp3) is 0.571. The summed E-state index contributed by atoms with van der Waals surface area (Å²) in [7, 11) is 1.61. The first-order valence-corrected chi connectivity index (χ1v) is 6.57. The van der Waals surface area contributed by atoms with Crippen LogP contribution in [0.1, 0.15) is 30.9 Å². The van der Waals surface area contributed by atoms with Gasteiger partial charge in [-0.25, -0.2) is 0 Å². The van der Waals surface area contributed by atoms with Gasteiger partial charge in [0, 0.05) is 7.11 Å². The molecule has 0 bridgehead atoms. The monoisotopic (exact) mass is 290 g/mol. The summed E-state index contributed by atoms with van der Waals surface area (Å²) in [5.74, 6) is 5.52. The Hall–Kier alpha value is -1.11. The molecule has 6 heteroatoms. The lowest BCUT2D eigenvalue weighted by Crippen LogP contribution is -2.46. The van der Waals surface area contributed by atoms with E-state index in [-0.39, 0.29) is 12.1 Å². The van der Waals surface area contributed by atoms with Crippen molar-refractivity contribution < 1.29 is 17.9 Å². The number of hydrogen-bond donors (Lipinski definition) is 2. The van der Waals surface area contributed by atoms with Crippen LogP contribution in [0.25, 0.3) is 0 Å². The van der Waals surface area contributed by atoms with Gasteiger partial charge >= 0.3 is 6.18 Å². The highest BCUT2D eigenvalue weighted by molar-refractivity contribution is 5.25. The fourth-order valence-electron chi connectivity index (χ4n) is 2.15. The summed E-state index contributed by atoms with van der Waals surface area (Å²) in [6, 6.07) is 5.00. The van der Waals surface area contributed by atoms with Crippen LogP contribution in [0.4, 0.5) is 13.2 Å². The zero-order chi connectivity index (χ0) is 15.2. The van der Waals surface area contributed by atoms with Crippen molar-refractivity contribution >= 4 is 0 Å². The zero-order valence-electron chi connectivity index (χ0n) is 11.7. The Morgan fingerprint density at radius 3 is 2.25 bits per heavy atom. The first kappa shape index (κ1) is 16.9. The number of halogens is 3. The van der Waals surface area contributed by atoms with Crippen molar-refractivity contribution in [1.82, 2.24) is 5.43 Å². The maximum atomic E-state index is 12.5. The van der Waals surface area contributed by atoms with E-state index in [1.165, 1.54) is 12.1 Å². The molecule has 0 aliphatic heterocycles. The second-order valence-corrected chi connectivity index (χ2v) is 4.73.